The average molecular weight is 215 g/mol. The topological polar surface area (TPSA) is 49.8 Å². The predicted molar refractivity (Wildman–Crippen MR) is 59.0 cm³/mol. The van der Waals surface area contributed by atoms with Crippen molar-refractivity contribution < 1.29 is 14.7 Å². The lowest BCUT2D eigenvalue weighted by Gasteiger charge is -2.20. The molecule has 1 amide bonds. The van der Waals surface area contributed by atoms with Gasteiger partial charge in [0, 0.05) is 13.0 Å². The molecule has 4 nitrogen and oxygen atoms in total. The number of aliphatic hydroxyl groups excluding tert-OH is 1. The van der Waals surface area contributed by atoms with Gasteiger partial charge in [-0.15, -0.1) is 6.58 Å². The smallest absolute Gasteiger partial charge is 0.248 e. The monoisotopic (exact) mass is 215 g/mol. The molecule has 1 N–H and O–H groups in total. The van der Waals surface area contributed by atoms with Crippen LogP contribution in [0.3, 0.4) is 0 Å². The van der Waals surface area contributed by atoms with Gasteiger partial charge in [0.25, 0.3) is 0 Å². The number of hydroxylamine groups is 2. The number of amides is 1. The normalized spacial score (nSPS) is 14.4. The third-order valence-electron chi connectivity index (χ3n) is 2.34. The van der Waals surface area contributed by atoms with Crippen molar-refractivity contribution >= 4 is 5.91 Å². The lowest BCUT2D eigenvalue weighted by atomic mass is 10.00. The van der Waals surface area contributed by atoms with E-state index >= 15 is 0 Å². The van der Waals surface area contributed by atoms with E-state index < -0.39 is 6.10 Å². The minimum absolute atomic E-state index is 0.116. The Morgan fingerprint density at radius 1 is 1.67 bits per heavy atom. The van der Waals surface area contributed by atoms with Gasteiger partial charge >= 0.3 is 0 Å². The molecule has 0 aromatic carbocycles. The Morgan fingerprint density at radius 3 is 2.73 bits per heavy atom. The van der Waals surface area contributed by atoms with Crippen molar-refractivity contribution in [3.8, 4) is 0 Å². The lowest BCUT2D eigenvalue weighted by Crippen LogP contribution is -2.32. The zero-order chi connectivity index (χ0) is 11.8. The minimum Gasteiger partial charge on any atom is -0.393 e. The number of hydrogen-bond donors (Lipinski definition) is 1. The van der Waals surface area contributed by atoms with Crippen LogP contribution in [0.1, 0.15) is 26.2 Å². The highest BCUT2D eigenvalue weighted by atomic mass is 16.7. The van der Waals surface area contributed by atoms with E-state index in [1.165, 1.54) is 12.2 Å². The summed E-state index contributed by atoms with van der Waals surface area (Å²) in [5.41, 5.74) is 0. The average Bonchev–Trinajstić information content (AvgIpc) is 2.23. The number of rotatable bonds is 7. The van der Waals surface area contributed by atoms with Gasteiger partial charge in [-0.2, -0.15) is 0 Å². The van der Waals surface area contributed by atoms with E-state index in [1.807, 2.05) is 0 Å². The van der Waals surface area contributed by atoms with Crippen LogP contribution in [0.2, 0.25) is 0 Å². The number of aliphatic hydroxyl groups is 1. The largest absolute Gasteiger partial charge is 0.393 e. The minimum atomic E-state index is -0.452. The Balaban J connectivity index is 3.95. The summed E-state index contributed by atoms with van der Waals surface area (Å²) in [6.45, 7) is 5.37. The van der Waals surface area contributed by atoms with Gasteiger partial charge in [0.1, 0.15) is 0 Å². The van der Waals surface area contributed by atoms with E-state index in [0.29, 0.717) is 12.8 Å². The summed E-state index contributed by atoms with van der Waals surface area (Å²) in [5.74, 6) is -0.343. The molecule has 0 fully saturated rings. The number of nitrogens with zero attached hydrogens (tertiary/aromatic N) is 1. The molecule has 88 valence electrons. The van der Waals surface area contributed by atoms with Gasteiger partial charge in [-0.05, 0) is 19.3 Å². The molecule has 0 aliphatic carbocycles. The highest BCUT2D eigenvalue weighted by Crippen LogP contribution is 2.13. The van der Waals surface area contributed by atoms with Crippen LogP contribution >= 0.6 is 0 Å². The second-order valence-corrected chi connectivity index (χ2v) is 3.67. The summed E-state index contributed by atoms with van der Waals surface area (Å²) >= 11 is 0. The Morgan fingerprint density at radius 2 is 2.27 bits per heavy atom. The zero-order valence-corrected chi connectivity index (χ0v) is 9.77. The molecule has 0 aromatic rings. The molecule has 0 spiro atoms. The fourth-order valence-corrected chi connectivity index (χ4v) is 1.34. The first-order valence-corrected chi connectivity index (χ1v) is 5.13. The van der Waals surface area contributed by atoms with Crippen molar-refractivity contribution in [2.24, 2.45) is 5.92 Å². The van der Waals surface area contributed by atoms with Crippen LogP contribution in [0.25, 0.3) is 0 Å². The van der Waals surface area contributed by atoms with Gasteiger partial charge < -0.3 is 5.11 Å². The van der Waals surface area contributed by atoms with Crippen molar-refractivity contribution in [2.75, 3.05) is 14.2 Å². The molecule has 0 rings (SSSR count). The summed E-state index contributed by atoms with van der Waals surface area (Å²) in [6, 6.07) is 0. The van der Waals surface area contributed by atoms with E-state index in [9.17, 15) is 9.90 Å². The third-order valence-corrected chi connectivity index (χ3v) is 2.34. The van der Waals surface area contributed by atoms with Crippen LogP contribution in [0.15, 0.2) is 12.7 Å². The van der Waals surface area contributed by atoms with Crippen LogP contribution in [0.5, 0.6) is 0 Å². The van der Waals surface area contributed by atoms with Crippen LogP contribution in [-0.4, -0.2) is 36.3 Å². The van der Waals surface area contributed by atoms with E-state index in [2.05, 4.69) is 6.58 Å². The van der Waals surface area contributed by atoms with E-state index in [-0.39, 0.29) is 11.8 Å². The SMILES string of the molecule is C=CCCC(O)CC(C)C(=O)N(C)OC. The lowest BCUT2D eigenvalue weighted by molar-refractivity contribution is -0.173. The first-order chi connectivity index (χ1) is 7.02. The second kappa shape index (κ2) is 7.43. The molecule has 0 aliphatic rings. The fraction of sp³-hybridized carbons (Fsp3) is 0.727. The van der Waals surface area contributed by atoms with Gasteiger partial charge in [-0.3, -0.25) is 9.63 Å². The number of allylic oxidation sites excluding steroid dienone is 1. The molecule has 0 bridgehead atoms. The van der Waals surface area contributed by atoms with Gasteiger partial charge in [-0.25, -0.2) is 5.06 Å². The second-order valence-electron chi connectivity index (χ2n) is 3.67. The van der Waals surface area contributed by atoms with Gasteiger partial charge in [0.15, 0.2) is 0 Å². The van der Waals surface area contributed by atoms with Crippen molar-refractivity contribution in [2.45, 2.75) is 32.3 Å². The van der Waals surface area contributed by atoms with Gasteiger partial charge in [-0.1, -0.05) is 13.0 Å². The summed E-state index contributed by atoms with van der Waals surface area (Å²) in [6.07, 6.45) is 3.18. The third kappa shape index (κ3) is 5.54. The molecule has 0 heterocycles. The molecule has 0 saturated heterocycles. The van der Waals surface area contributed by atoms with Crippen molar-refractivity contribution in [3.05, 3.63) is 12.7 Å². The van der Waals surface area contributed by atoms with Crippen LogP contribution in [0.4, 0.5) is 0 Å². The molecule has 15 heavy (non-hydrogen) atoms. The molecule has 0 saturated carbocycles. The standard InChI is InChI=1S/C11H21NO3/c1-5-6-7-10(13)8-9(2)11(14)12(3)15-4/h5,9-10,13H,1,6-8H2,2-4H3. The van der Waals surface area contributed by atoms with Gasteiger partial charge in [0.2, 0.25) is 5.91 Å². The van der Waals surface area contributed by atoms with E-state index in [1.54, 1.807) is 20.0 Å². The van der Waals surface area contributed by atoms with E-state index in [4.69, 9.17) is 4.84 Å². The van der Waals surface area contributed by atoms with Crippen molar-refractivity contribution in [1.82, 2.24) is 5.06 Å². The zero-order valence-electron chi connectivity index (χ0n) is 9.77. The van der Waals surface area contributed by atoms with Crippen LogP contribution in [-0.2, 0) is 9.63 Å². The van der Waals surface area contributed by atoms with Gasteiger partial charge in [0.05, 0.1) is 13.2 Å². The molecule has 2 atom stereocenters. The first kappa shape index (κ1) is 14.1. The number of carbonyl (C=O) groups excluding carboxylic acids is 1. The maximum Gasteiger partial charge on any atom is 0.248 e. The summed E-state index contributed by atoms with van der Waals surface area (Å²) in [5, 5.41) is 10.8. The van der Waals surface area contributed by atoms with Crippen molar-refractivity contribution in [1.29, 1.82) is 0 Å². The Labute approximate surface area is 91.5 Å². The number of hydrogen-bond acceptors (Lipinski definition) is 3. The highest BCUT2D eigenvalue weighted by Gasteiger charge is 2.20. The molecule has 0 radical (unpaired) electrons. The van der Waals surface area contributed by atoms with Crippen molar-refractivity contribution in [3.63, 3.8) is 0 Å². The molecule has 0 aromatic heterocycles. The fourth-order valence-electron chi connectivity index (χ4n) is 1.34. The number of carbonyl (C=O) groups is 1. The van der Waals surface area contributed by atoms with E-state index in [0.717, 1.165) is 6.42 Å². The Bertz CT molecular complexity index is 206. The van der Waals surface area contributed by atoms with Crippen LogP contribution in [0, 0.1) is 5.92 Å². The predicted octanol–water partition coefficient (Wildman–Crippen LogP) is 1.36. The molecule has 2 unspecified atom stereocenters. The summed E-state index contributed by atoms with van der Waals surface area (Å²) < 4.78 is 0. The Hall–Kier alpha value is -0.870. The quantitative estimate of drug-likeness (QED) is 0.515. The molecule has 4 heteroatoms. The Kier molecular flexibility index (Phi) is 6.99. The maximum atomic E-state index is 11.6. The summed E-state index contributed by atoms with van der Waals surface area (Å²) in [7, 11) is 3.01. The summed E-state index contributed by atoms with van der Waals surface area (Å²) in [4.78, 5) is 16.3. The molecular formula is C11H21NO3. The molecule has 0 aliphatic heterocycles. The van der Waals surface area contributed by atoms with Crippen LogP contribution < -0.4 is 0 Å². The first-order valence-electron chi connectivity index (χ1n) is 5.13. The highest BCUT2D eigenvalue weighted by molar-refractivity contribution is 5.77. The maximum absolute atomic E-state index is 11.6. The molecular weight excluding hydrogens is 194 g/mol.